The monoisotopic (exact) mass is 433 g/mol. The summed E-state index contributed by atoms with van der Waals surface area (Å²) in [6.07, 6.45) is 6.12. The summed E-state index contributed by atoms with van der Waals surface area (Å²) in [5.74, 6) is 0.444. The molecule has 1 aromatic heterocycles. The highest BCUT2D eigenvalue weighted by Gasteiger charge is 2.22. The fraction of sp³-hybridized carbons (Fsp3) is 0.320. The quantitative estimate of drug-likeness (QED) is 0.447. The Kier molecular flexibility index (Phi) is 6.54. The molecule has 1 aliphatic heterocycles. The third-order valence-corrected chi connectivity index (χ3v) is 5.62. The molecule has 32 heavy (non-hydrogen) atoms. The van der Waals surface area contributed by atoms with Crippen LogP contribution in [-0.2, 0) is 9.59 Å². The summed E-state index contributed by atoms with van der Waals surface area (Å²) in [4.78, 5) is 26.8. The lowest BCUT2D eigenvalue weighted by molar-refractivity contribution is -0.603. The fourth-order valence-electron chi connectivity index (χ4n) is 3.92. The van der Waals surface area contributed by atoms with Gasteiger partial charge in [0.05, 0.1) is 5.39 Å². The van der Waals surface area contributed by atoms with Crippen LogP contribution < -0.4 is 19.7 Å². The van der Waals surface area contributed by atoms with Crippen LogP contribution in [-0.4, -0.2) is 24.5 Å². The molecule has 0 radical (unpaired) electrons. The first-order valence-corrected chi connectivity index (χ1v) is 11.0. The van der Waals surface area contributed by atoms with E-state index in [0.29, 0.717) is 24.3 Å². The number of anilines is 2. The molecule has 1 aliphatic rings. The number of amides is 2. The molecule has 4 rings (SSSR count). The van der Waals surface area contributed by atoms with Crippen LogP contribution in [0, 0.1) is 5.21 Å². The Hall–Kier alpha value is -3.61. The average molecular weight is 434 g/mol. The van der Waals surface area contributed by atoms with E-state index in [-0.39, 0.29) is 11.8 Å². The van der Waals surface area contributed by atoms with E-state index in [1.54, 1.807) is 35.2 Å². The summed E-state index contributed by atoms with van der Waals surface area (Å²) in [7, 11) is 0. The van der Waals surface area contributed by atoms with Gasteiger partial charge in [-0.05, 0) is 61.0 Å². The molecule has 7 nitrogen and oxygen atoms in total. The van der Waals surface area contributed by atoms with Gasteiger partial charge in [0.25, 0.3) is 5.91 Å². The van der Waals surface area contributed by atoms with Crippen LogP contribution in [0.1, 0.15) is 39.0 Å². The summed E-state index contributed by atoms with van der Waals surface area (Å²) in [6.45, 7) is 2.73. The number of hydrogen-bond donors (Lipinski definition) is 1. The first kappa shape index (κ1) is 21.6. The Morgan fingerprint density at radius 3 is 2.72 bits per heavy atom. The molecule has 1 fully saturated rings. The predicted octanol–water partition coefficient (Wildman–Crippen LogP) is 4.18. The first-order valence-electron chi connectivity index (χ1n) is 11.0. The zero-order valence-electron chi connectivity index (χ0n) is 18.1. The number of ether oxygens (including phenoxy) is 1. The van der Waals surface area contributed by atoms with Crippen LogP contribution in [0.25, 0.3) is 10.8 Å². The highest BCUT2D eigenvalue weighted by Crippen LogP contribution is 2.24. The molecule has 0 aliphatic carbocycles. The van der Waals surface area contributed by atoms with Gasteiger partial charge in [-0.3, -0.25) is 9.59 Å². The van der Waals surface area contributed by atoms with E-state index in [1.807, 2.05) is 25.1 Å². The fourth-order valence-corrected chi connectivity index (χ4v) is 3.92. The van der Waals surface area contributed by atoms with Crippen molar-refractivity contribution in [2.75, 3.05) is 16.8 Å². The van der Waals surface area contributed by atoms with E-state index in [2.05, 4.69) is 5.32 Å². The van der Waals surface area contributed by atoms with Crippen molar-refractivity contribution in [3.8, 4) is 5.75 Å². The molecule has 1 unspecified atom stereocenters. The van der Waals surface area contributed by atoms with Crippen molar-refractivity contribution in [3.63, 3.8) is 0 Å². The number of piperidine rings is 1. The molecular weight excluding hydrogens is 406 g/mol. The van der Waals surface area contributed by atoms with E-state index in [4.69, 9.17) is 4.74 Å². The Morgan fingerprint density at radius 1 is 1.16 bits per heavy atom. The summed E-state index contributed by atoms with van der Waals surface area (Å²) in [6, 6.07) is 14.5. The molecular formula is C25H27N3O4. The minimum atomic E-state index is -0.663. The number of nitrogens with zero attached hydrogens (tertiary/aromatic N) is 2. The lowest BCUT2D eigenvalue weighted by Crippen LogP contribution is -2.35. The number of benzene rings is 2. The summed E-state index contributed by atoms with van der Waals surface area (Å²) < 4.78 is 6.73. The summed E-state index contributed by atoms with van der Waals surface area (Å²) in [5, 5.41) is 16.1. The second-order valence-corrected chi connectivity index (χ2v) is 8.03. The molecule has 2 amide bonds. The van der Waals surface area contributed by atoms with Gasteiger partial charge in [-0.1, -0.05) is 19.4 Å². The molecule has 2 heterocycles. The zero-order valence-corrected chi connectivity index (χ0v) is 18.1. The second kappa shape index (κ2) is 9.68. The number of pyridine rings is 1. The normalized spacial score (nSPS) is 14.9. The van der Waals surface area contributed by atoms with Crippen molar-refractivity contribution in [1.82, 2.24) is 0 Å². The Labute approximate surface area is 187 Å². The largest absolute Gasteiger partial charge is 0.619 e. The Morgan fingerprint density at radius 2 is 1.97 bits per heavy atom. The van der Waals surface area contributed by atoms with E-state index >= 15 is 0 Å². The molecule has 1 N–H and O–H groups in total. The molecule has 2 aromatic carbocycles. The number of carbonyl (C=O) groups excluding carboxylic acids is 2. The average Bonchev–Trinajstić information content (AvgIpc) is 2.79. The van der Waals surface area contributed by atoms with Gasteiger partial charge >= 0.3 is 0 Å². The first-order chi connectivity index (χ1) is 15.5. The van der Waals surface area contributed by atoms with E-state index in [9.17, 15) is 14.8 Å². The van der Waals surface area contributed by atoms with Crippen molar-refractivity contribution < 1.29 is 19.1 Å². The van der Waals surface area contributed by atoms with Crippen molar-refractivity contribution in [3.05, 3.63) is 66.1 Å². The lowest BCUT2D eigenvalue weighted by Gasteiger charge is -2.27. The second-order valence-electron chi connectivity index (χ2n) is 8.03. The van der Waals surface area contributed by atoms with Gasteiger partial charge in [0.2, 0.25) is 5.91 Å². The topological polar surface area (TPSA) is 85.6 Å². The van der Waals surface area contributed by atoms with Crippen molar-refractivity contribution >= 4 is 34.0 Å². The number of nitrogens with one attached hydrogen (secondary N) is 1. The highest BCUT2D eigenvalue weighted by atomic mass is 16.5. The maximum Gasteiger partial charge on any atom is 0.265 e. The van der Waals surface area contributed by atoms with Crippen LogP contribution in [0.15, 0.2) is 60.9 Å². The number of aromatic nitrogens is 1. The van der Waals surface area contributed by atoms with Gasteiger partial charge in [-0.25, -0.2) is 0 Å². The van der Waals surface area contributed by atoms with E-state index in [0.717, 1.165) is 47.0 Å². The summed E-state index contributed by atoms with van der Waals surface area (Å²) >= 11 is 0. The molecule has 0 bridgehead atoms. The van der Waals surface area contributed by atoms with Crippen LogP contribution >= 0.6 is 0 Å². The van der Waals surface area contributed by atoms with Gasteiger partial charge in [-0.15, -0.1) is 0 Å². The van der Waals surface area contributed by atoms with Gasteiger partial charge in [0.15, 0.2) is 18.5 Å². The molecule has 3 aromatic rings. The Bertz CT molecular complexity index is 1110. The molecule has 0 spiro atoms. The number of fused-ring (bicyclic) bond motifs is 1. The zero-order chi connectivity index (χ0) is 22.5. The maximum atomic E-state index is 12.9. The van der Waals surface area contributed by atoms with Crippen molar-refractivity contribution in [2.24, 2.45) is 0 Å². The predicted molar refractivity (Wildman–Crippen MR) is 124 cm³/mol. The van der Waals surface area contributed by atoms with E-state index < -0.39 is 6.10 Å². The number of hydrogen-bond acceptors (Lipinski definition) is 4. The minimum absolute atomic E-state index is 0.141. The van der Waals surface area contributed by atoms with Gasteiger partial charge in [-0.2, -0.15) is 4.73 Å². The van der Waals surface area contributed by atoms with Crippen LogP contribution in [0.3, 0.4) is 0 Å². The van der Waals surface area contributed by atoms with Crippen LogP contribution in [0.5, 0.6) is 5.75 Å². The standard InChI is InChI=1S/C25H27N3O4/c1-2-5-23(32-22-12-7-18-13-15-27(31)17-19(18)16-22)25(30)26-20-8-10-21(11-9-20)28-14-4-3-6-24(28)29/h7-13,15-17,23H,2-6,14H2,1H3,(H,26,30). The van der Waals surface area contributed by atoms with Gasteiger partial charge in [0, 0.05) is 30.4 Å². The number of rotatable bonds is 7. The molecule has 166 valence electrons. The molecule has 7 heteroatoms. The van der Waals surface area contributed by atoms with Crippen molar-refractivity contribution in [1.29, 1.82) is 0 Å². The third kappa shape index (κ3) is 4.99. The van der Waals surface area contributed by atoms with Crippen LogP contribution in [0.2, 0.25) is 0 Å². The smallest absolute Gasteiger partial charge is 0.265 e. The maximum absolute atomic E-state index is 12.9. The van der Waals surface area contributed by atoms with Gasteiger partial charge in [0.1, 0.15) is 5.75 Å². The molecule has 0 saturated carbocycles. The lowest BCUT2D eigenvalue weighted by atomic mass is 10.1. The van der Waals surface area contributed by atoms with Gasteiger partial charge < -0.3 is 20.2 Å². The molecule has 1 atom stereocenters. The summed E-state index contributed by atoms with van der Waals surface area (Å²) in [5.41, 5.74) is 1.50. The third-order valence-electron chi connectivity index (χ3n) is 5.62. The molecule has 1 saturated heterocycles. The van der Waals surface area contributed by atoms with Crippen LogP contribution in [0.4, 0.5) is 11.4 Å². The number of carbonyl (C=O) groups is 2. The Balaban J connectivity index is 1.44. The SMILES string of the molecule is CCCC(Oc1ccc2cc[n+]([O-])cc2c1)C(=O)Nc1ccc(N2CCCCC2=O)cc1. The van der Waals surface area contributed by atoms with E-state index in [1.165, 1.54) is 12.4 Å². The van der Waals surface area contributed by atoms with Crippen molar-refractivity contribution in [2.45, 2.75) is 45.1 Å². The highest BCUT2D eigenvalue weighted by molar-refractivity contribution is 5.96. The minimum Gasteiger partial charge on any atom is -0.619 e.